The predicted molar refractivity (Wildman–Crippen MR) is 80.2 cm³/mol. The first kappa shape index (κ1) is 15.6. The number of nitrogens with one attached hydrogen (secondary N) is 1. The lowest BCUT2D eigenvalue weighted by Crippen LogP contribution is -2.29. The molecular weight excluding hydrogens is 242 g/mol. The van der Waals surface area contributed by atoms with E-state index in [0.717, 1.165) is 31.2 Å². The van der Waals surface area contributed by atoms with Gasteiger partial charge in [-0.25, -0.2) is 4.98 Å². The van der Waals surface area contributed by atoms with Gasteiger partial charge in [0.2, 0.25) is 0 Å². The largest absolute Gasteiger partial charge is 0.315 e. The van der Waals surface area contributed by atoms with Crippen LogP contribution in [0.25, 0.3) is 0 Å². The van der Waals surface area contributed by atoms with E-state index in [1.165, 1.54) is 31.4 Å². The van der Waals surface area contributed by atoms with Gasteiger partial charge in [-0.2, -0.15) is 0 Å². The third-order valence-electron chi connectivity index (χ3n) is 2.98. The van der Waals surface area contributed by atoms with Crippen LogP contribution in [0.1, 0.15) is 43.3 Å². The third-order valence-corrected chi connectivity index (χ3v) is 3.80. The molecule has 1 N–H and O–H groups in total. The van der Waals surface area contributed by atoms with Crippen LogP contribution in [-0.2, 0) is 6.54 Å². The second kappa shape index (κ2) is 9.48. The summed E-state index contributed by atoms with van der Waals surface area (Å²) in [7, 11) is 2.16. The van der Waals surface area contributed by atoms with Gasteiger partial charge >= 0.3 is 0 Å². The molecule has 0 spiro atoms. The van der Waals surface area contributed by atoms with E-state index >= 15 is 0 Å². The van der Waals surface area contributed by atoms with Crippen LogP contribution >= 0.6 is 11.3 Å². The molecule has 18 heavy (non-hydrogen) atoms. The van der Waals surface area contributed by atoms with Crippen molar-refractivity contribution in [2.75, 3.05) is 26.7 Å². The molecule has 0 amide bonds. The first-order valence-corrected chi connectivity index (χ1v) is 7.90. The summed E-state index contributed by atoms with van der Waals surface area (Å²) in [6, 6.07) is 0. The topological polar surface area (TPSA) is 28.2 Å². The number of aryl methyl sites for hydroxylation is 1. The van der Waals surface area contributed by atoms with Gasteiger partial charge in [0.1, 0.15) is 0 Å². The van der Waals surface area contributed by atoms with Gasteiger partial charge in [0.25, 0.3) is 0 Å². The molecule has 0 aliphatic rings. The Morgan fingerprint density at radius 2 is 2.11 bits per heavy atom. The van der Waals surface area contributed by atoms with Gasteiger partial charge in [-0.1, -0.05) is 26.2 Å². The Bertz CT molecular complexity index is 312. The zero-order chi connectivity index (χ0) is 13.2. The van der Waals surface area contributed by atoms with Gasteiger partial charge in [-0.05, 0) is 26.9 Å². The van der Waals surface area contributed by atoms with E-state index in [1.54, 1.807) is 11.3 Å². The molecule has 3 nitrogen and oxygen atoms in total. The quantitative estimate of drug-likeness (QED) is 0.662. The summed E-state index contributed by atoms with van der Waals surface area (Å²) in [5.74, 6) is 0. The van der Waals surface area contributed by atoms with Gasteiger partial charge < -0.3 is 5.32 Å². The van der Waals surface area contributed by atoms with Crippen molar-refractivity contribution in [1.29, 1.82) is 0 Å². The maximum atomic E-state index is 4.49. The normalized spacial score (nSPS) is 11.3. The summed E-state index contributed by atoms with van der Waals surface area (Å²) in [6.07, 6.45) is 5.35. The van der Waals surface area contributed by atoms with Crippen LogP contribution in [-0.4, -0.2) is 36.6 Å². The molecule has 0 aliphatic heterocycles. The van der Waals surface area contributed by atoms with Crippen LogP contribution in [0.15, 0.2) is 5.38 Å². The number of aromatic nitrogens is 1. The summed E-state index contributed by atoms with van der Waals surface area (Å²) >= 11 is 1.73. The molecule has 104 valence electrons. The Kier molecular flexibility index (Phi) is 8.22. The Morgan fingerprint density at radius 1 is 1.28 bits per heavy atom. The van der Waals surface area contributed by atoms with Gasteiger partial charge in [0, 0.05) is 25.0 Å². The van der Waals surface area contributed by atoms with Crippen LogP contribution < -0.4 is 5.32 Å². The minimum absolute atomic E-state index is 0.960. The molecule has 1 rings (SSSR count). The van der Waals surface area contributed by atoms with Crippen molar-refractivity contribution >= 4 is 11.3 Å². The smallest absolute Gasteiger partial charge is 0.0897 e. The van der Waals surface area contributed by atoms with Crippen LogP contribution in [0.3, 0.4) is 0 Å². The number of hydrogen-bond donors (Lipinski definition) is 1. The lowest BCUT2D eigenvalue weighted by molar-refractivity contribution is 0.321. The number of thiazole rings is 1. The molecule has 0 unspecified atom stereocenters. The molecule has 1 aromatic heterocycles. The molecule has 0 bridgehead atoms. The fraction of sp³-hybridized carbons (Fsp3) is 0.786. The maximum Gasteiger partial charge on any atom is 0.0897 e. The molecule has 0 aromatic carbocycles. The number of rotatable bonds is 10. The first-order chi connectivity index (χ1) is 8.72. The average molecular weight is 269 g/mol. The van der Waals surface area contributed by atoms with E-state index in [1.807, 2.05) is 0 Å². The van der Waals surface area contributed by atoms with E-state index in [0.29, 0.717) is 0 Å². The van der Waals surface area contributed by atoms with Gasteiger partial charge in [0.15, 0.2) is 0 Å². The minimum Gasteiger partial charge on any atom is -0.315 e. The van der Waals surface area contributed by atoms with Crippen molar-refractivity contribution in [2.45, 2.75) is 46.1 Å². The van der Waals surface area contributed by atoms with Crippen molar-refractivity contribution in [2.24, 2.45) is 0 Å². The average Bonchev–Trinajstić information content (AvgIpc) is 2.73. The second-order valence-corrected chi connectivity index (χ2v) is 5.97. The molecule has 1 aromatic rings. The Balaban J connectivity index is 1.98. The minimum atomic E-state index is 0.960. The van der Waals surface area contributed by atoms with E-state index in [2.05, 4.69) is 41.5 Å². The monoisotopic (exact) mass is 269 g/mol. The van der Waals surface area contributed by atoms with E-state index < -0.39 is 0 Å². The molecule has 0 saturated heterocycles. The summed E-state index contributed by atoms with van der Waals surface area (Å²) in [4.78, 5) is 6.81. The predicted octanol–water partition coefficient (Wildman–Crippen LogP) is 3.05. The van der Waals surface area contributed by atoms with Crippen LogP contribution in [0.2, 0.25) is 0 Å². The SMILES string of the molecule is CCCCCCNCCN(C)Cc1csc(C)n1. The van der Waals surface area contributed by atoms with Gasteiger partial charge in [-0.3, -0.25) is 4.90 Å². The molecule has 0 radical (unpaired) electrons. The van der Waals surface area contributed by atoms with Gasteiger partial charge in [0.05, 0.1) is 10.7 Å². The zero-order valence-corrected chi connectivity index (χ0v) is 12.9. The number of unbranched alkanes of at least 4 members (excludes halogenated alkanes) is 3. The molecular formula is C14H27N3S. The molecule has 1 heterocycles. The molecule has 0 aliphatic carbocycles. The van der Waals surface area contributed by atoms with Crippen LogP contribution in [0.4, 0.5) is 0 Å². The van der Waals surface area contributed by atoms with Crippen molar-refractivity contribution in [3.63, 3.8) is 0 Å². The van der Waals surface area contributed by atoms with E-state index in [4.69, 9.17) is 0 Å². The Morgan fingerprint density at radius 3 is 2.78 bits per heavy atom. The van der Waals surface area contributed by atoms with Crippen molar-refractivity contribution in [3.8, 4) is 0 Å². The summed E-state index contributed by atoms with van der Waals surface area (Å²) < 4.78 is 0. The lowest BCUT2D eigenvalue weighted by Gasteiger charge is -2.15. The highest BCUT2D eigenvalue weighted by atomic mass is 32.1. The fourth-order valence-electron chi connectivity index (χ4n) is 1.91. The van der Waals surface area contributed by atoms with Crippen molar-refractivity contribution in [3.05, 3.63) is 16.1 Å². The standard InChI is InChI=1S/C14H27N3S/c1-4-5-6-7-8-15-9-10-17(3)11-14-12-18-13(2)16-14/h12,15H,4-11H2,1-3H3. The molecule has 0 atom stereocenters. The van der Waals surface area contributed by atoms with Gasteiger partial charge in [-0.15, -0.1) is 11.3 Å². The Labute approximate surface area is 116 Å². The molecule has 4 heteroatoms. The summed E-state index contributed by atoms with van der Waals surface area (Å²) in [6.45, 7) is 8.59. The highest BCUT2D eigenvalue weighted by molar-refractivity contribution is 7.09. The van der Waals surface area contributed by atoms with E-state index in [-0.39, 0.29) is 0 Å². The van der Waals surface area contributed by atoms with Crippen molar-refractivity contribution < 1.29 is 0 Å². The summed E-state index contributed by atoms with van der Waals surface area (Å²) in [5, 5.41) is 6.82. The molecule has 0 saturated carbocycles. The zero-order valence-electron chi connectivity index (χ0n) is 12.0. The van der Waals surface area contributed by atoms with Crippen molar-refractivity contribution in [1.82, 2.24) is 15.2 Å². The fourth-order valence-corrected chi connectivity index (χ4v) is 2.51. The number of nitrogens with zero attached hydrogens (tertiary/aromatic N) is 2. The second-order valence-electron chi connectivity index (χ2n) is 4.91. The molecule has 0 fully saturated rings. The van der Waals surface area contributed by atoms with Crippen LogP contribution in [0, 0.1) is 6.92 Å². The number of likely N-dealkylation sites (N-methyl/N-ethyl adjacent to an activating group) is 1. The summed E-state index contributed by atoms with van der Waals surface area (Å²) in [5.41, 5.74) is 1.20. The highest BCUT2D eigenvalue weighted by Gasteiger charge is 2.02. The first-order valence-electron chi connectivity index (χ1n) is 7.02. The third kappa shape index (κ3) is 7.09. The highest BCUT2D eigenvalue weighted by Crippen LogP contribution is 2.09. The maximum absolute atomic E-state index is 4.49. The van der Waals surface area contributed by atoms with E-state index in [9.17, 15) is 0 Å². The lowest BCUT2D eigenvalue weighted by atomic mass is 10.2. The Hall–Kier alpha value is -0.450. The van der Waals surface area contributed by atoms with Crippen LogP contribution in [0.5, 0.6) is 0 Å². The number of hydrogen-bond acceptors (Lipinski definition) is 4.